The van der Waals surface area contributed by atoms with Crippen LogP contribution in [-0.2, 0) is 11.3 Å². The molecule has 3 rings (SSSR count). The van der Waals surface area contributed by atoms with Crippen molar-refractivity contribution in [3.8, 4) is 0 Å². The summed E-state index contributed by atoms with van der Waals surface area (Å²) in [6.07, 6.45) is 0. The summed E-state index contributed by atoms with van der Waals surface area (Å²) in [6, 6.07) is 9.30. The van der Waals surface area contributed by atoms with Gasteiger partial charge in [-0.2, -0.15) is 4.98 Å². The number of H-pyrrole nitrogens is 2. The van der Waals surface area contributed by atoms with Gasteiger partial charge in [-0.1, -0.05) is 30.3 Å². The second-order valence-corrected chi connectivity index (χ2v) is 4.79. The molecule has 0 atom stereocenters. The van der Waals surface area contributed by atoms with Gasteiger partial charge in [0.05, 0.1) is 6.54 Å². The predicted molar refractivity (Wildman–Crippen MR) is 80.8 cm³/mol. The van der Waals surface area contributed by atoms with Crippen LogP contribution in [0, 0.1) is 0 Å². The van der Waals surface area contributed by atoms with Crippen molar-refractivity contribution in [3.63, 3.8) is 0 Å². The average molecular weight is 299 g/mol. The molecular formula is C14H13N5O3. The summed E-state index contributed by atoms with van der Waals surface area (Å²) >= 11 is 0. The van der Waals surface area contributed by atoms with Crippen molar-refractivity contribution in [1.82, 2.24) is 19.5 Å². The number of nitrogens with zero attached hydrogens (tertiary/aromatic N) is 2. The van der Waals surface area contributed by atoms with Crippen LogP contribution in [0.3, 0.4) is 0 Å². The van der Waals surface area contributed by atoms with Gasteiger partial charge < -0.3 is 0 Å². The Balaban J connectivity index is 2.12. The number of fused-ring (bicyclic) bond motifs is 1. The molecule has 0 radical (unpaired) electrons. The third-order valence-corrected chi connectivity index (χ3v) is 3.11. The number of hydrogen-bond donors (Lipinski definition) is 3. The van der Waals surface area contributed by atoms with Crippen molar-refractivity contribution < 1.29 is 4.79 Å². The summed E-state index contributed by atoms with van der Waals surface area (Å²) < 4.78 is 1.31. The van der Waals surface area contributed by atoms with Gasteiger partial charge in [0.15, 0.2) is 11.2 Å². The molecule has 0 saturated carbocycles. The Morgan fingerprint density at radius 3 is 2.64 bits per heavy atom. The van der Waals surface area contributed by atoms with E-state index >= 15 is 0 Å². The van der Waals surface area contributed by atoms with E-state index in [1.54, 1.807) is 0 Å². The molecule has 0 spiro atoms. The number of carbonyl (C=O) groups is 1. The zero-order valence-electron chi connectivity index (χ0n) is 11.7. The molecule has 3 N–H and O–H groups in total. The van der Waals surface area contributed by atoms with E-state index in [0.717, 1.165) is 5.56 Å². The Labute approximate surface area is 123 Å². The molecule has 8 nitrogen and oxygen atoms in total. The highest BCUT2D eigenvalue weighted by atomic mass is 16.2. The van der Waals surface area contributed by atoms with Gasteiger partial charge in [-0.3, -0.25) is 29.4 Å². The minimum absolute atomic E-state index is 0.00175. The minimum atomic E-state index is -0.497. The van der Waals surface area contributed by atoms with E-state index in [-0.39, 0.29) is 29.6 Å². The monoisotopic (exact) mass is 299 g/mol. The highest BCUT2D eigenvalue weighted by molar-refractivity contribution is 5.87. The lowest BCUT2D eigenvalue weighted by Crippen LogP contribution is -2.22. The molecule has 8 heteroatoms. The van der Waals surface area contributed by atoms with Gasteiger partial charge in [0.1, 0.15) is 0 Å². The molecule has 0 aliphatic rings. The molecule has 0 fully saturated rings. The minimum Gasteiger partial charge on any atom is -0.296 e. The van der Waals surface area contributed by atoms with Gasteiger partial charge in [0, 0.05) is 6.92 Å². The lowest BCUT2D eigenvalue weighted by atomic mass is 10.2. The van der Waals surface area contributed by atoms with E-state index in [0.29, 0.717) is 0 Å². The topological polar surface area (TPSA) is 113 Å². The molecule has 22 heavy (non-hydrogen) atoms. The van der Waals surface area contributed by atoms with Crippen molar-refractivity contribution in [2.75, 3.05) is 5.32 Å². The smallest absolute Gasteiger partial charge is 0.296 e. The predicted octanol–water partition coefficient (Wildman–Crippen LogP) is 0.420. The van der Waals surface area contributed by atoms with Gasteiger partial charge in [-0.15, -0.1) is 0 Å². The number of aromatic nitrogens is 4. The summed E-state index contributed by atoms with van der Waals surface area (Å²) in [6.45, 7) is 1.55. The van der Waals surface area contributed by atoms with Crippen LogP contribution in [0.2, 0.25) is 0 Å². The average Bonchev–Trinajstić information content (AvgIpc) is 2.75. The molecule has 0 aliphatic carbocycles. The lowest BCUT2D eigenvalue weighted by molar-refractivity contribution is -0.114. The fourth-order valence-electron chi connectivity index (χ4n) is 2.22. The third kappa shape index (κ3) is 2.53. The van der Waals surface area contributed by atoms with Crippen molar-refractivity contribution in [1.29, 1.82) is 0 Å². The number of nitrogens with one attached hydrogen (secondary N) is 3. The Bertz CT molecular complexity index is 952. The molecule has 0 aliphatic heterocycles. The first-order chi connectivity index (χ1) is 10.5. The number of aromatic amines is 2. The molecular weight excluding hydrogens is 286 g/mol. The van der Waals surface area contributed by atoms with E-state index in [2.05, 4.69) is 20.3 Å². The summed E-state index contributed by atoms with van der Waals surface area (Å²) in [7, 11) is 0. The number of benzene rings is 1. The van der Waals surface area contributed by atoms with Gasteiger partial charge in [-0.05, 0) is 5.56 Å². The summed E-state index contributed by atoms with van der Waals surface area (Å²) in [5.74, 6) is -0.369. The van der Waals surface area contributed by atoms with Crippen LogP contribution < -0.4 is 16.6 Å². The van der Waals surface area contributed by atoms with Crippen LogP contribution in [-0.4, -0.2) is 25.4 Å². The molecule has 2 aromatic heterocycles. The number of amides is 1. The highest BCUT2D eigenvalue weighted by Gasteiger charge is 2.14. The van der Waals surface area contributed by atoms with Crippen LogP contribution in [0.15, 0.2) is 39.9 Å². The van der Waals surface area contributed by atoms with Crippen LogP contribution in [0.4, 0.5) is 5.95 Å². The third-order valence-electron chi connectivity index (χ3n) is 3.11. The Kier molecular flexibility index (Phi) is 3.34. The molecule has 1 aromatic carbocycles. The Morgan fingerprint density at radius 1 is 1.23 bits per heavy atom. The fraction of sp³-hybridized carbons (Fsp3) is 0.143. The van der Waals surface area contributed by atoms with Crippen molar-refractivity contribution in [3.05, 3.63) is 56.7 Å². The van der Waals surface area contributed by atoms with Crippen LogP contribution in [0.5, 0.6) is 0 Å². The first-order valence-corrected chi connectivity index (χ1v) is 6.59. The van der Waals surface area contributed by atoms with Gasteiger partial charge in [0.25, 0.3) is 5.56 Å². The first kappa shape index (κ1) is 13.8. The first-order valence-electron chi connectivity index (χ1n) is 6.59. The number of imidazole rings is 1. The number of hydrogen-bond acceptors (Lipinski definition) is 4. The summed E-state index contributed by atoms with van der Waals surface area (Å²) in [5.41, 5.74) is 0.229. The zero-order valence-corrected chi connectivity index (χ0v) is 11.7. The van der Waals surface area contributed by atoms with Crippen molar-refractivity contribution in [2.24, 2.45) is 0 Å². The van der Waals surface area contributed by atoms with Crippen molar-refractivity contribution in [2.45, 2.75) is 13.5 Å². The second-order valence-electron chi connectivity index (χ2n) is 4.79. The standard InChI is InChI=1S/C14H13N5O3/c1-8(20)15-13-16-11-10(12(21)18-13)19(14(22)17-11)7-9-5-3-2-4-6-9/h2-6H,7H2,1H3,(H3,15,16,17,18,20,21,22). The molecule has 2 heterocycles. The molecule has 3 aromatic rings. The second kappa shape index (κ2) is 5.32. The molecule has 0 unspecified atom stereocenters. The molecule has 0 saturated heterocycles. The maximum Gasteiger partial charge on any atom is 0.328 e. The van der Waals surface area contributed by atoms with Gasteiger partial charge in [0.2, 0.25) is 11.9 Å². The fourth-order valence-corrected chi connectivity index (χ4v) is 2.22. The number of carbonyl (C=O) groups excluding carboxylic acids is 1. The molecule has 0 bridgehead atoms. The highest BCUT2D eigenvalue weighted by Crippen LogP contribution is 2.08. The van der Waals surface area contributed by atoms with E-state index in [4.69, 9.17) is 0 Å². The van der Waals surface area contributed by atoms with E-state index < -0.39 is 11.2 Å². The SMILES string of the molecule is CC(=O)Nc1nc2[nH]c(=O)n(Cc3ccccc3)c2c(=O)[nH]1. The maximum atomic E-state index is 12.2. The van der Waals surface area contributed by atoms with E-state index in [9.17, 15) is 14.4 Å². The molecule has 1 amide bonds. The van der Waals surface area contributed by atoms with Gasteiger partial charge in [-0.25, -0.2) is 4.79 Å². The largest absolute Gasteiger partial charge is 0.328 e. The number of rotatable bonds is 3. The number of anilines is 1. The summed E-state index contributed by atoms with van der Waals surface area (Å²) in [5, 5.41) is 2.38. The van der Waals surface area contributed by atoms with E-state index in [1.807, 2.05) is 30.3 Å². The normalized spacial score (nSPS) is 10.8. The van der Waals surface area contributed by atoms with Crippen LogP contribution in [0.1, 0.15) is 12.5 Å². The molecule has 112 valence electrons. The Morgan fingerprint density at radius 2 is 1.95 bits per heavy atom. The van der Waals surface area contributed by atoms with Gasteiger partial charge >= 0.3 is 5.69 Å². The maximum absolute atomic E-state index is 12.2. The van der Waals surface area contributed by atoms with Crippen molar-refractivity contribution >= 4 is 23.0 Å². The van der Waals surface area contributed by atoms with Crippen LogP contribution >= 0.6 is 0 Å². The van der Waals surface area contributed by atoms with E-state index in [1.165, 1.54) is 11.5 Å². The zero-order chi connectivity index (χ0) is 15.7. The lowest BCUT2D eigenvalue weighted by Gasteiger charge is -2.04. The van der Waals surface area contributed by atoms with Crippen LogP contribution in [0.25, 0.3) is 11.2 Å². The Hall–Kier alpha value is -3.16. The quantitative estimate of drug-likeness (QED) is 0.650. The summed E-state index contributed by atoms with van der Waals surface area (Å²) in [4.78, 5) is 44.3.